The summed E-state index contributed by atoms with van der Waals surface area (Å²) in [5.41, 5.74) is 0.946. The van der Waals surface area contributed by atoms with Crippen LogP contribution in [0.25, 0.3) is 10.9 Å². The molecule has 124 valence electrons. The summed E-state index contributed by atoms with van der Waals surface area (Å²) >= 11 is 0. The number of fused-ring (bicyclic) bond motifs is 1. The number of amides is 1. The van der Waals surface area contributed by atoms with Crippen LogP contribution in [0.1, 0.15) is 17.4 Å². The number of phenolic OH excluding ortho intramolecular Hbond substituents is 1. The fourth-order valence-electron chi connectivity index (χ4n) is 2.29. The van der Waals surface area contributed by atoms with Gasteiger partial charge in [0, 0.05) is 24.6 Å². The van der Waals surface area contributed by atoms with Crippen LogP contribution in [-0.2, 0) is 20.8 Å². The third kappa shape index (κ3) is 4.01. The molecule has 1 aromatic carbocycles. The lowest BCUT2D eigenvalue weighted by atomic mass is 10.2. The van der Waals surface area contributed by atoms with E-state index in [2.05, 4.69) is 5.32 Å². The fourth-order valence-corrected chi connectivity index (χ4v) is 2.29. The molecule has 0 fully saturated rings. The number of ether oxygens (including phenoxy) is 2. The molecule has 2 rings (SSSR count). The minimum Gasteiger partial charge on any atom is -0.508 e. The van der Waals surface area contributed by atoms with Gasteiger partial charge in [-0.1, -0.05) is 0 Å². The van der Waals surface area contributed by atoms with Gasteiger partial charge in [-0.15, -0.1) is 0 Å². The van der Waals surface area contributed by atoms with E-state index in [-0.39, 0.29) is 30.5 Å². The SMILES string of the molecule is CCOC(=O)c1cc2cc(O)ccc2n1CC(=O)NCCOC. The molecule has 0 radical (unpaired) electrons. The molecular formula is C16H20N2O5. The molecule has 0 aliphatic carbocycles. The quantitative estimate of drug-likeness (QED) is 0.592. The first-order chi connectivity index (χ1) is 11.1. The summed E-state index contributed by atoms with van der Waals surface area (Å²) in [6, 6.07) is 6.32. The number of methoxy groups -OCH3 is 1. The van der Waals surface area contributed by atoms with Crippen LogP contribution in [-0.4, -0.2) is 48.4 Å². The number of hydrogen-bond donors (Lipinski definition) is 2. The van der Waals surface area contributed by atoms with Crippen LogP contribution >= 0.6 is 0 Å². The van der Waals surface area contributed by atoms with Crippen molar-refractivity contribution in [3.05, 3.63) is 30.0 Å². The van der Waals surface area contributed by atoms with E-state index in [9.17, 15) is 14.7 Å². The Morgan fingerprint density at radius 3 is 2.78 bits per heavy atom. The molecule has 2 N–H and O–H groups in total. The normalized spacial score (nSPS) is 10.7. The molecule has 0 atom stereocenters. The van der Waals surface area contributed by atoms with Gasteiger partial charge in [0.15, 0.2) is 0 Å². The van der Waals surface area contributed by atoms with E-state index in [1.807, 2.05) is 0 Å². The third-order valence-corrected chi connectivity index (χ3v) is 3.30. The van der Waals surface area contributed by atoms with Crippen LogP contribution in [0.5, 0.6) is 5.75 Å². The Kier molecular flexibility index (Phi) is 5.59. The van der Waals surface area contributed by atoms with Crippen molar-refractivity contribution in [2.75, 3.05) is 26.9 Å². The first-order valence-electron chi connectivity index (χ1n) is 7.31. The number of esters is 1. The highest BCUT2D eigenvalue weighted by Crippen LogP contribution is 2.24. The maximum atomic E-state index is 12.1. The molecule has 2 aromatic rings. The molecule has 0 bridgehead atoms. The van der Waals surface area contributed by atoms with Gasteiger partial charge in [0.1, 0.15) is 18.0 Å². The highest BCUT2D eigenvalue weighted by atomic mass is 16.5. The molecule has 23 heavy (non-hydrogen) atoms. The summed E-state index contributed by atoms with van der Waals surface area (Å²) in [4.78, 5) is 24.1. The summed E-state index contributed by atoms with van der Waals surface area (Å²) in [7, 11) is 1.55. The second-order valence-electron chi connectivity index (χ2n) is 4.92. The topological polar surface area (TPSA) is 89.8 Å². The molecule has 0 aliphatic heterocycles. The van der Waals surface area contributed by atoms with Gasteiger partial charge in [0.25, 0.3) is 0 Å². The smallest absolute Gasteiger partial charge is 0.354 e. The highest BCUT2D eigenvalue weighted by Gasteiger charge is 2.18. The number of nitrogens with zero attached hydrogens (tertiary/aromatic N) is 1. The highest BCUT2D eigenvalue weighted by molar-refractivity contribution is 5.97. The number of aromatic hydroxyl groups is 1. The standard InChI is InChI=1S/C16H20N2O5/c1-3-23-16(21)14-9-11-8-12(19)4-5-13(11)18(14)10-15(20)17-6-7-22-2/h4-5,8-9,19H,3,6-7,10H2,1-2H3,(H,17,20). The number of hydrogen-bond acceptors (Lipinski definition) is 5. The van der Waals surface area contributed by atoms with Gasteiger partial charge in [-0.2, -0.15) is 0 Å². The summed E-state index contributed by atoms with van der Waals surface area (Å²) < 4.78 is 11.5. The van der Waals surface area contributed by atoms with E-state index < -0.39 is 5.97 Å². The number of carbonyl (C=O) groups is 2. The van der Waals surface area contributed by atoms with Crippen molar-refractivity contribution in [2.45, 2.75) is 13.5 Å². The Labute approximate surface area is 133 Å². The van der Waals surface area contributed by atoms with Gasteiger partial charge in [-0.05, 0) is 31.2 Å². The van der Waals surface area contributed by atoms with Crippen LogP contribution in [0.2, 0.25) is 0 Å². The van der Waals surface area contributed by atoms with Crippen LogP contribution < -0.4 is 5.32 Å². The molecule has 1 heterocycles. The van der Waals surface area contributed by atoms with E-state index >= 15 is 0 Å². The lowest BCUT2D eigenvalue weighted by molar-refractivity contribution is -0.121. The van der Waals surface area contributed by atoms with Gasteiger partial charge in [0.05, 0.1) is 13.2 Å². The van der Waals surface area contributed by atoms with E-state index in [1.54, 1.807) is 30.7 Å². The predicted molar refractivity (Wildman–Crippen MR) is 84.4 cm³/mol. The summed E-state index contributed by atoms with van der Waals surface area (Å²) in [5, 5.41) is 13.0. The van der Waals surface area contributed by atoms with Crippen molar-refractivity contribution in [3.8, 4) is 5.75 Å². The van der Waals surface area contributed by atoms with Crippen molar-refractivity contribution >= 4 is 22.8 Å². The van der Waals surface area contributed by atoms with Crippen LogP contribution in [0.4, 0.5) is 0 Å². The van der Waals surface area contributed by atoms with Gasteiger partial charge < -0.3 is 24.5 Å². The maximum absolute atomic E-state index is 12.1. The Balaban J connectivity index is 2.32. The summed E-state index contributed by atoms with van der Waals surface area (Å²) in [6.07, 6.45) is 0. The average molecular weight is 320 g/mol. The molecule has 0 saturated heterocycles. The number of rotatable bonds is 7. The molecule has 7 heteroatoms. The van der Waals surface area contributed by atoms with E-state index in [0.29, 0.717) is 24.1 Å². The molecule has 1 aromatic heterocycles. The Morgan fingerprint density at radius 2 is 2.09 bits per heavy atom. The third-order valence-electron chi connectivity index (χ3n) is 3.30. The molecule has 0 spiro atoms. The van der Waals surface area contributed by atoms with E-state index in [1.165, 1.54) is 12.1 Å². The maximum Gasteiger partial charge on any atom is 0.354 e. The minimum absolute atomic E-state index is 0.0217. The Hall–Kier alpha value is -2.54. The van der Waals surface area contributed by atoms with Crippen LogP contribution in [0.15, 0.2) is 24.3 Å². The van der Waals surface area contributed by atoms with Gasteiger partial charge in [-0.25, -0.2) is 4.79 Å². The van der Waals surface area contributed by atoms with Gasteiger partial charge in [-0.3, -0.25) is 4.79 Å². The van der Waals surface area contributed by atoms with Gasteiger partial charge >= 0.3 is 5.97 Å². The monoisotopic (exact) mass is 320 g/mol. The van der Waals surface area contributed by atoms with Crippen molar-refractivity contribution in [1.82, 2.24) is 9.88 Å². The lowest BCUT2D eigenvalue weighted by Gasteiger charge is -2.10. The number of carbonyl (C=O) groups excluding carboxylic acids is 2. The zero-order chi connectivity index (χ0) is 16.8. The zero-order valence-corrected chi connectivity index (χ0v) is 13.2. The fraction of sp³-hybridized carbons (Fsp3) is 0.375. The van der Waals surface area contributed by atoms with E-state index in [4.69, 9.17) is 9.47 Å². The second-order valence-corrected chi connectivity index (χ2v) is 4.92. The number of benzene rings is 1. The Morgan fingerprint density at radius 1 is 1.30 bits per heavy atom. The molecule has 0 unspecified atom stereocenters. The summed E-state index contributed by atoms with van der Waals surface area (Å²) in [6.45, 7) is 2.74. The molecule has 0 saturated carbocycles. The average Bonchev–Trinajstić information content (AvgIpc) is 2.85. The van der Waals surface area contributed by atoms with Gasteiger partial charge in [0.2, 0.25) is 5.91 Å². The number of phenols is 1. The predicted octanol–water partition coefficient (Wildman–Crippen LogP) is 1.29. The molecule has 7 nitrogen and oxygen atoms in total. The van der Waals surface area contributed by atoms with Crippen molar-refractivity contribution < 1.29 is 24.2 Å². The Bertz CT molecular complexity index is 708. The van der Waals surface area contributed by atoms with Crippen molar-refractivity contribution in [3.63, 3.8) is 0 Å². The van der Waals surface area contributed by atoms with Crippen LogP contribution in [0, 0.1) is 0 Å². The number of nitrogens with one attached hydrogen (secondary N) is 1. The first-order valence-corrected chi connectivity index (χ1v) is 7.31. The zero-order valence-electron chi connectivity index (χ0n) is 13.2. The second kappa shape index (κ2) is 7.64. The largest absolute Gasteiger partial charge is 0.508 e. The first kappa shape index (κ1) is 16.8. The van der Waals surface area contributed by atoms with Crippen molar-refractivity contribution in [1.29, 1.82) is 0 Å². The minimum atomic E-state index is -0.507. The van der Waals surface area contributed by atoms with E-state index in [0.717, 1.165) is 0 Å². The number of aromatic nitrogens is 1. The van der Waals surface area contributed by atoms with Crippen LogP contribution in [0.3, 0.4) is 0 Å². The lowest BCUT2D eigenvalue weighted by Crippen LogP contribution is -2.31. The summed E-state index contributed by atoms with van der Waals surface area (Å²) in [5.74, 6) is -0.652. The molecule has 0 aliphatic rings. The van der Waals surface area contributed by atoms with Crippen molar-refractivity contribution in [2.24, 2.45) is 0 Å². The molecule has 1 amide bonds. The molecular weight excluding hydrogens is 300 g/mol.